The Labute approximate surface area is 140 Å². The average molecular weight is 319 g/mol. The standard InChI is InChI=1S/C20H33NO2/c1-19-10-9-17-15(16(19)7-8-18(19)21-12-22)6-4-13-3-5-14(23)11-20(13,17)2/h12-18,23H,3-11H2,1-2H3,(H,21,22)/t13?,14?,15-,16-,17-,18?,19-,20-/m0/s1. The first kappa shape index (κ1) is 15.9. The highest BCUT2D eigenvalue weighted by molar-refractivity contribution is 5.47. The van der Waals surface area contributed by atoms with E-state index in [-0.39, 0.29) is 6.10 Å². The third kappa shape index (κ3) is 2.22. The second-order valence-electron chi connectivity index (χ2n) is 9.55. The van der Waals surface area contributed by atoms with Crippen LogP contribution >= 0.6 is 0 Å². The zero-order chi connectivity index (χ0) is 16.2. The molecule has 130 valence electrons. The molecule has 3 heteroatoms. The summed E-state index contributed by atoms with van der Waals surface area (Å²) in [5.41, 5.74) is 0.663. The van der Waals surface area contributed by atoms with Crippen molar-refractivity contribution >= 4 is 6.41 Å². The Morgan fingerprint density at radius 3 is 2.48 bits per heavy atom. The van der Waals surface area contributed by atoms with Gasteiger partial charge in [0.2, 0.25) is 6.41 Å². The van der Waals surface area contributed by atoms with Crippen LogP contribution in [0.1, 0.15) is 71.6 Å². The van der Waals surface area contributed by atoms with Gasteiger partial charge in [-0.05, 0) is 92.3 Å². The molecule has 4 aliphatic carbocycles. The van der Waals surface area contributed by atoms with Gasteiger partial charge in [0.25, 0.3) is 0 Å². The topological polar surface area (TPSA) is 49.3 Å². The Hall–Kier alpha value is -0.570. The zero-order valence-corrected chi connectivity index (χ0v) is 14.8. The Morgan fingerprint density at radius 2 is 1.70 bits per heavy atom. The van der Waals surface area contributed by atoms with Crippen molar-refractivity contribution < 1.29 is 9.90 Å². The molecule has 0 saturated heterocycles. The van der Waals surface area contributed by atoms with E-state index in [4.69, 9.17) is 0 Å². The van der Waals surface area contributed by atoms with Crippen molar-refractivity contribution in [3.05, 3.63) is 0 Å². The van der Waals surface area contributed by atoms with Gasteiger partial charge in [0.15, 0.2) is 0 Å². The van der Waals surface area contributed by atoms with Gasteiger partial charge in [-0.25, -0.2) is 0 Å². The van der Waals surface area contributed by atoms with Crippen LogP contribution < -0.4 is 5.32 Å². The van der Waals surface area contributed by atoms with E-state index < -0.39 is 0 Å². The molecule has 3 nitrogen and oxygen atoms in total. The molecule has 2 N–H and O–H groups in total. The number of amides is 1. The molecule has 0 aliphatic heterocycles. The number of aliphatic hydroxyl groups excluding tert-OH is 1. The summed E-state index contributed by atoms with van der Waals surface area (Å²) in [6, 6.07) is 0.383. The molecule has 1 amide bonds. The average Bonchev–Trinajstić information content (AvgIpc) is 2.84. The predicted molar refractivity (Wildman–Crippen MR) is 90.7 cm³/mol. The van der Waals surface area contributed by atoms with Gasteiger partial charge in [-0.3, -0.25) is 4.79 Å². The van der Waals surface area contributed by atoms with E-state index >= 15 is 0 Å². The molecule has 8 atom stereocenters. The number of nitrogens with one attached hydrogen (secondary N) is 1. The molecule has 4 aliphatic rings. The van der Waals surface area contributed by atoms with E-state index in [1.165, 1.54) is 38.5 Å². The fourth-order valence-electron chi connectivity index (χ4n) is 7.69. The number of carbonyl (C=O) groups is 1. The molecule has 4 saturated carbocycles. The van der Waals surface area contributed by atoms with Crippen LogP contribution in [0, 0.1) is 34.5 Å². The second kappa shape index (κ2) is 5.47. The lowest BCUT2D eigenvalue weighted by molar-refractivity contribution is -0.129. The molecule has 23 heavy (non-hydrogen) atoms. The molecule has 3 unspecified atom stereocenters. The van der Waals surface area contributed by atoms with Crippen molar-refractivity contribution in [3.8, 4) is 0 Å². The molecule has 0 heterocycles. The van der Waals surface area contributed by atoms with Gasteiger partial charge in [-0.1, -0.05) is 13.8 Å². The van der Waals surface area contributed by atoms with E-state index in [1.807, 2.05) is 0 Å². The van der Waals surface area contributed by atoms with Crippen LogP contribution in [-0.2, 0) is 4.79 Å². The van der Waals surface area contributed by atoms with E-state index in [2.05, 4.69) is 19.2 Å². The summed E-state index contributed by atoms with van der Waals surface area (Å²) in [5.74, 6) is 3.22. The van der Waals surface area contributed by atoms with Crippen molar-refractivity contribution in [1.82, 2.24) is 5.32 Å². The monoisotopic (exact) mass is 319 g/mol. The maximum absolute atomic E-state index is 11.0. The molecule has 0 aromatic carbocycles. The van der Waals surface area contributed by atoms with Crippen LogP contribution in [0.25, 0.3) is 0 Å². The minimum Gasteiger partial charge on any atom is -0.393 e. The molecule has 0 aromatic heterocycles. The van der Waals surface area contributed by atoms with Crippen molar-refractivity contribution in [2.75, 3.05) is 0 Å². The van der Waals surface area contributed by atoms with Crippen molar-refractivity contribution in [2.45, 2.75) is 83.8 Å². The molecule has 4 rings (SSSR count). The van der Waals surface area contributed by atoms with E-state index in [9.17, 15) is 9.90 Å². The smallest absolute Gasteiger partial charge is 0.207 e. The molecule has 0 bridgehead atoms. The van der Waals surface area contributed by atoms with Crippen molar-refractivity contribution in [2.24, 2.45) is 34.5 Å². The Kier molecular flexibility index (Phi) is 3.79. The summed E-state index contributed by atoms with van der Waals surface area (Å²) in [6.07, 6.45) is 11.9. The first-order valence-corrected chi connectivity index (χ1v) is 9.87. The SMILES string of the molecule is C[C@]12CC(O)CCC1CC[C@@H]1[C@@H]2CC[C@]2(C)C(NC=O)CC[C@@H]12. The maximum atomic E-state index is 11.0. The summed E-state index contributed by atoms with van der Waals surface area (Å²) < 4.78 is 0. The van der Waals surface area contributed by atoms with Gasteiger partial charge >= 0.3 is 0 Å². The third-order valence-electron chi connectivity index (χ3n) is 8.86. The maximum Gasteiger partial charge on any atom is 0.207 e. The minimum absolute atomic E-state index is 0.0728. The number of rotatable bonds is 2. The number of aliphatic hydroxyl groups is 1. The van der Waals surface area contributed by atoms with Crippen LogP contribution in [0.3, 0.4) is 0 Å². The Bertz CT molecular complexity index is 480. The summed E-state index contributed by atoms with van der Waals surface area (Å²) in [5, 5.41) is 13.4. The predicted octanol–water partition coefficient (Wildman–Crippen LogP) is 3.50. The van der Waals surface area contributed by atoms with Crippen LogP contribution in [-0.4, -0.2) is 23.7 Å². The zero-order valence-electron chi connectivity index (χ0n) is 14.8. The van der Waals surface area contributed by atoms with Gasteiger partial charge in [-0.2, -0.15) is 0 Å². The summed E-state index contributed by atoms with van der Waals surface area (Å²) in [7, 11) is 0. The van der Waals surface area contributed by atoms with Crippen LogP contribution in [0.4, 0.5) is 0 Å². The summed E-state index contributed by atoms with van der Waals surface area (Å²) in [6.45, 7) is 4.93. The molecule has 0 radical (unpaired) electrons. The number of hydrogen-bond donors (Lipinski definition) is 2. The summed E-state index contributed by atoms with van der Waals surface area (Å²) in [4.78, 5) is 11.0. The van der Waals surface area contributed by atoms with Gasteiger partial charge in [0.1, 0.15) is 0 Å². The second-order valence-corrected chi connectivity index (χ2v) is 9.55. The van der Waals surface area contributed by atoms with Crippen LogP contribution in [0.15, 0.2) is 0 Å². The normalized spacial score (nSPS) is 55.4. The molecule has 4 fully saturated rings. The lowest BCUT2D eigenvalue weighted by Crippen LogP contribution is -2.55. The van der Waals surface area contributed by atoms with Crippen molar-refractivity contribution in [1.29, 1.82) is 0 Å². The number of fused-ring (bicyclic) bond motifs is 5. The third-order valence-corrected chi connectivity index (χ3v) is 8.86. The molecular weight excluding hydrogens is 286 g/mol. The Morgan fingerprint density at radius 1 is 0.957 bits per heavy atom. The first-order chi connectivity index (χ1) is 11.0. The highest BCUT2D eigenvalue weighted by Gasteiger charge is 2.60. The molecule has 0 spiro atoms. The van der Waals surface area contributed by atoms with Crippen LogP contribution in [0.2, 0.25) is 0 Å². The fourth-order valence-corrected chi connectivity index (χ4v) is 7.69. The van der Waals surface area contributed by atoms with Gasteiger partial charge < -0.3 is 10.4 Å². The minimum atomic E-state index is -0.0728. The van der Waals surface area contributed by atoms with Crippen molar-refractivity contribution in [3.63, 3.8) is 0 Å². The highest BCUT2D eigenvalue weighted by atomic mass is 16.3. The van der Waals surface area contributed by atoms with E-state index in [0.717, 1.165) is 49.3 Å². The Balaban J connectivity index is 1.61. The lowest BCUT2D eigenvalue weighted by atomic mass is 9.45. The molecular formula is C20H33NO2. The quantitative estimate of drug-likeness (QED) is 0.765. The lowest BCUT2D eigenvalue weighted by Gasteiger charge is -2.61. The van der Waals surface area contributed by atoms with Gasteiger partial charge in [-0.15, -0.1) is 0 Å². The van der Waals surface area contributed by atoms with Gasteiger partial charge in [0.05, 0.1) is 6.10 Å². The number of carbonyl (C=O) groups excluding carboxylic acids is 1. The van der Waals surface area contributed by atoms with Crippen LogP contribution in [0.5, 0.6) is 0 Å². The number of hydrogen-bond acceptors (Lipinski definition) is 2. The van der Waals surface area contributed by atoms with Gasteiger partial charge in [0, 0.05) is 6.04 Å². The summed E-state index contributed by atoms with van der Waals surface area (Å²) >= 11 is 0. The fraction of sp³-hybridized carbons (Fsp3) is 0.950. The highest BCUT2D eigenvalue weighted by Crippen LogP contribution is 2.66. The first-order valence-electron chi connectivity index (χ1n) is 9.87. The van der Waals surface area contributed by atoms with E-state index in [1.54, 1.807) is 0 Å². The molecule has 0 aromatic rings. The largest absolute Gasteiger partial charge is 0.393 e. The van der Waals surface area contributed by atoms with E-state index in [0.29, 0.717) is 16.9 Å².